The molecule has 0 aromatic heterocycles. The van der Waals surface area contributed by atoms with Crippen molar-refractivity contribution in [2.24, 2.45) is 0 Å². The summed E-state index contributed by atoms with van der Waals surface area (Å²) in [5.74, 6) is 0.547. The number of allylic oxidation sites excluding steroid dienone is 1. The van der Waals surface area contributed by atoms with Crippen LogP contribution < -0.4 is 15.5 Å². The minimum Gasteiger partial charge on any atom is -0.488 e. The molecule has 2 saturated heterocycles. The Hall–Kier alpha value is -2.94. The summed E-state index contributed by atoms with van der Waals surface area (Å²) >= 11 is 0. The van der Waals surface area contributed by atoms with Crippen molar-refractivity contribution in [2.75, 3.05) is 26.3 Å². The molecule has 0 saturated carbocycles. The van der Waals surface area contributed by atoms with Crippen molar-refractivity contribution < 1.29 is 23.9 Å². The van der Waals surface area contributed by atoms with Crippen molar-refractivity contribution in [3.05, 3.63) is 54.1 Å². The number of unbranched alkanes of at least 4 members (excludes halogenated alkanes) is 2. The third-order valence-electron chi connectivity index (χ3n) is 7.71. The Kier molecular flexibility index (Phi) is 11.8. The maximum Gasteiger partial charge on any atom is 0.250 e. The van der Waals surface area contributed by atoms with Gasteiger partial charge in [-0.1, -0.05) is 42.5 Å². The molecule has 2 aromatic carbocycles. The molecule has 8 heteroatoms. The molecule has 0 aliphatic carbocycles. The van der Waals surface area contributed by atoms with Crippen molar-refractivity contribution in [3.63, 3.8) is 0 Å². The van der Waals surface area contributed by atoms with Crippen molar-refractivity contribution in [2.45, 2.75) is 90.0 Å². The first kappa shape index (κ1) is 30.0. The highest BCUT2D eigenvalue weighted by atomic mass is 16.8. The lowest BCUT2D eigenvalue weighted by atomic mass is 10.0. The van der Waals surface area contributed by atoms with E-state index in [2.05, 4.69) is 41.7 Å². The fourth-order valence-corrected chi connectivity index (χ4v) is 5.23. The number of nitrogens with zero attached hydrogens (tertiary/aromatic N) is 1. The van der Waals surface area contributed by atoms with Gasteiger partial charge in [0.25, 0.3) is 5.91 Å². The number of likely N-dealkylation sites (tertiary alicyclic amines) is 1. The Morgan fingerprint density at radius 2 is 1.85 bits per heavy atom. The highest BCUT2D eigenvalue weighted by Crippen LogP contribution is 2.26. The second-order valence-electron chi connectivity index (χ2n) is 11.1. The second kappa shape index (κ2) is 15.7. The highest BCUT2D eigenvalue weighted by molar-refractivity contribution is 5.94. The molecule has 1 unspecified atom stereocenters. The Balaban J connectivity index is 1.29. The number of fused-ring (bicyclic) bond motifs is 1. The second-order valence-corrected chi connectivity index (χ2v) is 11.1. The predicted octanol–water partition coefficient (Wildman–Crippen LogP) is 5.27. The number of hydrogen-bond donors (Lipinski definition) is 2. The molecule has 0 bridgehead atoms. The largest absolute Gasteiger partial charge is 0.488 e. The van der Waals surface area contributed by atoms with Gasteiger partial charge in [-0.3, -0.25) is 9.59 Å². The van der Waals surface area contributed by atoms with Gasteiger partial charge in [-0.05, 0) is 70.2 Å². The Morgan fingerprint density at radius 1 is 1.05 bits per heavy atom. The van der Waals surface area contributed by atoms with E-state index in [1.807, 2.05) is 36.4 Å². The van der Waals surface area contributed by atoms with Crippen LogP contribution >= 0.6 is 0 Å². The van der Waals surface area contributed by atoms with Gasteiger partial charge >= 0.3 is 0 Å². The zero-order valence-corrected chi connectivity index (χ0v) is 24.0. The van der Waals surface area contributed by atoms with Gasteiger partial charge in [-0.25, -0.2) is 10.3 Å². The number of amides is 2. The molecular weight excluding hydrogens is 506 g/mol. The van der Waals surface area contributed by atoms with Crippen LogP contribution in [0.15, 0.2) is 54.1 Å². The van der Waals surface area contributed by atoms with Crippen LogP contribution in [0.1, 0.15) is 71.6 Å². The lowest BCUT2D eigenvalue weighted by molar-refractivity contribution is -0.200. The summed E-state index contributed by atoms with van der Waals surface area (Å²) < 4.78 is 11.7. The van der Waals surface area contributed by atoms with Gasteiger partial charge in [0.05, 0.1) is 5.57 Å². The number of rotatable bonds is 13. The number of nitrogens with one attached hydrogen (secondary N) is 2. The summed E-state index contributed by atoms with van der Waals surface area (Å²) in [6.07, 6.45) is 8.93. The smallest absolute Gasteiger partial charge is 0.250 e. The number of ether oxygens (including phenoxy) is 2. The Labute approximate surface area is 238 Å². The maximum absolute atomic E-state index is 13.4. The van der Waals surface area contributed by atoms with Gasteiger partial charge in [0.15, 0.2) is 6.29 Å². The predicted molar refractivity (Wildman–Crippen MR) is 157 cm³/mol. The van der Waals surface area contributed by atoms with E-state index in [1.54, 1.807) is 0 Å². The highest BCUT2D eigenvalue weighted by Gasteiger charge is 2.23. The van der Waals surface area contributed by atoms with Crippen LogP contribution in [-0.2, 0) is 19.2 Å². The summed E-state index contributed by atoms with van der Waals surface area (Å²) in [7, 11) is 0. The van der Waals surface area contributed by atoms with Gasteiger partial charge in [0.2, 0.25) is 5.91 Å². The van der Waals surface area contributed by atoms with Gasteiger partial charge < -0.3 is 19.7 Å². The van der Waals surface area contributed by atoms with E-state index in [9.17, 15) is 9.59 Å². The molecule has 2 aliphatic heterocycles. The van der Waals surface area contributed by atoms with Crippen molar-refractivity contribution >= 4 is 22.6 Å². The maximum atomic E-state index is 13.4. The summed E-state index contributed by atoms with van der Waals surface area (Å²) in [5, 5.41) is 5.38. The molecule has 0 radical (unpaired) electrons. The monoisotopic (exact) mass is 551 g/mol. The fraction of sp³-hybridized carbons (Fsp3) is 0.562. The number of carbonyl (C=O) groups is 2. The summed E-state index contributed by atoms with van der Waals surface area (Å²) in [6, 6.07) is 14.7. The number of piperidine rings is 1. The van der Waals surface area contributed by atoms with E-state index >= 15 is 0 Å². The summed E-state index contributed by atoms with van der Waals surface area (Å²) in [6.45, 7) is 7.28. The average Bonchev–Trinajstić information content (AvgIpc) is 2.98. The zero-order valence-electron chi connectivity index (χ0n) is 24.0. The minimum absolute atomic E-state index is 0.0677. The topological polar surface area (TPSA) is 89.1 Å². The third-order valence-corrected chi connectivity index (χ3v) is 7.71. The van der Waals surface area contributed by atoms with E-state index in [1.165, 1.54) is 0 Å². The number of carbonyl (C=O) groups excluding carboxylic acids is 2. The molecule has 8 nitrogen and oxygen atoms in total. The van der Waals surface area contributed by atoms with Gasteiger partial charge in [-0.15, -0.1) is 0 Å². The minimum atomic E-state index is -0.346. The van der Waals surface area contributed by atoms with E-state index < -0.39 is 0 Å². The lowest BCUT2D eigenvalue weighted by Crippen LogP contribution is -2.47. The quantitative estimate of drug-likeness (QED) is 0.200. The van der Waals surface area contributed by atoms with Crippen molar-refractivity contribution in [1.29, 1.82) is 0 Å². The van der Waals surface area contributed by atoms with Gasteiger partial charge in [0, 0.05) is 50.0 Å². The molecule has 40 heavy (non-hydrogen) atoms. The molecule has 2 heterocycles. The van der Waals surface area contributed by atoms with Gasteiger partial charge in [-0.2, -0.15) is 0 Å². The van der Waals surface area contributed by atoms with Crippen LogP contribution in [0.2, 0.25) is 0 Å². The van der Waals surface area contributed by atoms with Crippen LogP contribution in [0.4, 0.5) is 0 Å². The first-order chi connectivity index (χ1) is 19.5. The lowest BCUT2D eigenvalue weighted by Gasteiger charge is -2.35. The molecular formula is C32H45N3O5. The number of hydroxylamine groups is 1. The van der Waals surface area contributed by atoms with Crippen LogP contribution in [-0.4, -0.2) is 61.4 Å². The van der Waals surface area contributed by atoms with Crippen LogP contribution in [0, 0.1) is 0 Å². The first-order valence-electron chi connectivity index (χ1n) is 14.9. The molecule has 218 valence electrons. The Bertz CT molecular complexity index is 1120. The van der Waals surface area contributed by atoms with Crippen LogP contribution in [0.5, 0.6) is 5.75 Å². The number of benzene rings is 2. The zero-order chi connectivity index (χ0) is 28.2. The summed E-state index contributed by atoms with van der Waals surface area (Å²) in [5.41, 5.74) is 3.14. The van der Waals surface area contributed by atoms with E-state index in [4.69, 9.17) is 14.3 Å². The molecule has 4 rings (SSSR count). The summed E-state index contributed by atoms with van der Waals surface area (Å²) in [4.78, 5) is 33.3. The van der Waals surface area contributed by atoms with E-state index in [0.29, 0.717) is 37.5 Å². The number of hydrogen-bond acceptors (Lipinski definition) is 6. The molecule has 2 aromatic rings. The van der Waals surface area contributed by atoms with Crippen LogP contribution in [0.25, 0.3) is 10.8 Å². The SMILES string of the molecule is CC(C)N1CCC(NC(=O)/C(=C/CCCCC(=O)NOC2CCCCO2)COc2cccc3ccccc23)CC1. The van der Waals surface area contributed by atoms with Crippen molar-refractivity contribution in [1.82, 2.24) is 15.7 Å². The molecule has 1 atom stereocenters. The average molecular weight is 552 g/mol. The molecule has 2 amide bonds. The van der Waals surface area contributed by atoms with Crippen molar-refractivity contribution in [3.8, 4) is 5.75 Å². The normalized spacial score (nSPS) is 19.1. The first-order valence-corrected chi connectivity index (χ1v) is 14.9. The molecule has 2 fully saturated rings. The molecule has 2 aliphatic rings. The van der Waals surface area contributed by atoms with Crippen LogP contribution in [0.3, 0.4) is 0 Å². The standard InChI is InChI=1S/C32H45N3O5/c1-24(2)35-20-18-27(19-21-35)33-32(37)26(23-39-29-15-10-13-25-11-6-7-14-28(25)29)12-4-3-5-16-30(36)34-40-31-17-8-9-22-38-31/h6-7,10-15,24,27,31H,3-5,8-9,16-23H2,1-2H3,(H,33,37)(H,34,36)/b26-12+. The van der Waals surface area contributed by atoms with Gasteiger partial charge in [0.1, 0.15) is 12.4 Å². The Morgan fingerprint density at radius 3 is 2.62 bits per heavy atom. The molecule has 2 N–H and O–H groups in total. The van der Waals surface area contributed by atoms with E-state index in [0.717, 1.165) is 68.1 Å². The van der Waals surface area contributed by atoms with E-state index in [-0.39, 0.29) is 30.8 Å². The molecule has 0 spiro atoms. The fourth-order valence-electron chi connectivity index (χ4n) is 5.23. The third kappa shape index (κ3) is 9.32.